The predicted molar refractivity (Wildman–Crippen MR) is 93.1 cm³/mol. The first-order chi connectivity index (χ1) is 10.6. The molecule has 0 saturated heterocycles. The Morgan fingerprint density at radius 1 is 0.955 bits per heavy atom. The highest BCUT2D eigenvalue weighted by Crippen LogP contribution is 2.32. The Balaban J connectivity index is 2.00. The average molecular weight is 396 g/mol. The molecule has 0 bridgehead atoms. The van der Waals surface area contributed by atoms with Gasteiger partial charge in [0, 0.05) is 14.9 Å². The van der Waals surface area contributed by atoms with Gasteiger partial charge >= 0.3 is 5.97 Å². The molecule has 0 aliphatic heterocycles. The van der Waals surface area contributed by atoms with Crippen LogP contribution in [-0.2, 0) is 0 Å². The molecule has 0 aliphatic rings. The zero-order valence-electron chi connectivity index (χ0n) is 11.1. The van der Waals surface area contributed by atoms with Gasteiger partial charge in [0.25, 0.3) is 0 Å². The number of carbonyl (C=O) groups is 1. The van der Waals surface area contributed by atoms with Gasteiger partial charge in [-0.2, -0.15) is 0 Å². The van der Waals surface area contributed by atoms with Gasteiger partial charge in [0.1, 0.15) is 5.75 Å². The molecule has 0 atom stereocenters. The van der Waals surface area contributed by atoms with E-state index in [9.17, 15) is 4.79 Å². The van der Waals surface area contributed by atoms with Gasteiger partial charge in [0.15, 0.2) is 0 Å². The maximum absolute atomic E-state index is 12.3. The Hall–Kier alpha value is -1.55. The van der Waals surface area contributed by atoms with Crippen LogP contribution in [0.5, 0.6) is 5.75 Å². The van der Waals surface area contributed by atoms with Crippen LogP contribution in [0.15, 0.2) is 59.1 Å². The van der Waals surface area contributed by atoms with Crippen LogP contribution >= 0.6 is 39.1 Å². The number of halogens is 3. The van der Waals surface area contributed by atoms with E-state index in [0.29, 0.717) is 10.8 Å². The summed E-state index contributed by atoms with van der Waals surface area (Å²) in [5.41, 5.74) is 0.276. The Labute approximate surface area is 145 Å². The van der Waals surface area contributed by atoms with Gasteiger partial charge in [-0.1, -0.05) is 63.4 Å². The third kappa shape index (κ3) is 2.98. The topological polar surface area (TPSA) is 26.3 Å². The lowest BCUT2D eigenvalue weighted by atomic mass is 10.1. The smallest absolute Gasteiger partial charge is 0.345 e. The number of hydrogen-bond acceptors (Lipinski definition) is 2. The second kappa shape index (κ2) is 6.29. The molecule has 110 valence electrons. The summed E-state index contributed by atoms with van der Waals surface area (Å²) in [6, 6.07) is 15.9. The molecular formula is C17H9BrCl2O2. The highest BCUT2D eigenvalue weighted by Gasteiger charge is 2.15. The molecule has 0 heterocycles. The van der Waals surface area contributed by atoms with E-state index in [1.807, 2.05) is 30.3 Å². The maximum atomic E-state index is 12.3. The van der Waals surface area contributed by atoms with Crippen LogP contribution in [0.3, 0.4) is 0 Å². The van der Waals surface area contributed by atoms with Crippen molar-refractivity contribution < 1.29 is 9.53 Å². The number of benzene rings is 3. The first-order valence-electron chi connectivity index (χ1n) is 6.41. The van der Waals surface area contributed by atoms with Crippen molar-refractivity contribution in [1.82, 2.24) is 0 Å². The molecule has 5 heteroatoms. The number of ether oxygens (including phenoxy) is 1. The van der Waals surface area contributed by atoms with Crippen LogP contribution in [0.1, 0.15) is 10.4 Å². The molecule has 3 rings (SSSR count). The van der Waals surface area contributed by atoms with Crippen molar-refractivity contribution in [2.24, 2.45) is 0 Å². The van der Waals surface area contributed by atoms with E-state index in [4.69, 9.17) is 27.9 Å². The Morgan fingerprint density at radius 2 is 1.68 bits per heavy atom. The molecule has 0 radical (unpaired) electrons. The molecule has 0 amide bonds. The van der Waals surface area contributed by atoms with Crippen molar-refractivity contribution in [1.29, 1.82) is 0 Å². The highest BCUT2D eigenvalue weighted by atomic mass is 79.9. The van der Waals surface area contributed by atoms with Crippen molar-refractivity contribution in [3.63, 3.8) is 0 Å². The van der Waals surface area contributed by atoms with Crippen molar-refractivity contribution >= 4 is 55.9 Å². The summed E-state index contributed by atoms with van der Waals surface area (Å²) in [5, 5.41) is 2.54. The third-order valence-corrected chi connectivity index (χ3v) is 4.42. The highest BCUT2D eigenvalue weighted by molar-refractivity contribution is 9.10. The molecule has 0 unspecified atom stereocenters. The number of fused-ring (bicyclic) bond motifs is 1. The number of rotatable bonds is 2. The number of hydrogen-bond donors (Lipinski definition) is 0. The van der Waals surface area contributed by atoms with Crippen LogP contribution in [-0.4, -0.2) is 5.97 Å². The quantitative estimate of drug-likeness (QED) is 0.385. The number of esters is 1. The average Bonchev–Trinajstić information content (AvgIpc) is 2.50. The molecule has 0 saturated carbocycles. The van der Waals surface area contributed by atoms with Crippen LogP contribution in [0.25, 0.3) is 10.8 Å². The summed E-state index contributed by atoms with van der Waals surface area (Å²) in [4.78, 5) is 12.3. The minimum Gasteiger partial charge on any atom is -0.422 e. The van der Waals surface area contributed by atoms with E-state index in [0.717, 1.165) is 15.2 Å². The third-order valence-electron chi connectivity index (χ3n) is 3.18. The van der Waals surface area contributed by atoms with Crippen molar-refractivity contribution in [3.05, 3.63) is 74.7 Å². The van der Waals surface area contributed by atoms with E-state index in [-0.39, 0.29) is 10.6 Å². The van der Waals surface area contributed by atoms with Gasteiger partial charge < -0.3 is 4.74 Å². The molecule has 0 fully saturated rings. The first kappa shape index (κ1) is 15.3. The summed E-state index contributed by atoms with van der Waals surface area (Å²) in [6.45, 7) is 0. The first-order valence-corrected chi connectivity index (χ1v) is 7.95. The van der Waals surface area contributed by atoms with Crippen molar-refractivity contribution in [2.45, 2.75) is 0 Å². The fourth-order valence-corrected chi connectivity index (χ4v) is 3.10. The Kier molecular flexibility index (Phi) is 4.39. The lowest BCUT2D eigenvalue weighted by Gasteiger charge is -2.10. The fraction of sp³-hybridized carbons (Fsp3) is 0. The molecule has 3 aromatic rings. The van der Waals surface area contributed by atoms with E-state index in [2.05, 4.69) is 15.9 Å². The summed E-state index contributed by atoms with van der Waals surface area (Å²) in [7, 11) is 0. The zero-order chi connectivity index (χ0) is 15.7. The fourth-order valence-electron chi connectivity index (χ4n) is 2.13. The van der Waals surface area contributed by atoms with Crippen LogP contribution in [0.4, 0.5) is 0 Å². The lowest BCUT2D eigenvalue weighted by Crippen LogP contribution is -2.09. The lowest BCUT2D eigenvalue weighted by molar-refractivity contribution is 0.0737. The summed E-state index contributed by atoms with van der Waals surface area (Å²) in [6.07, 6.45) is 0. The minimum absolute atomic E-state index is 0.263. The standard InChI is InChI=1S/C17H9BrCl2O2/c18-14-7-8-16(12-4-2-1-3-11(12)14)22-17(21)13-6-5-10(19)9-15(13)20/h1-9H. The van der Waals surface area contributed by atoms with Crippen molar-refractivity contribution in [3.8, 4) is 5.75 Å². The molecule has 3 aromatic carbocycles. The van der Waals surface area contributed by atoms with Crippen molar-refractivity contribution in [2.75, 3.05) is 0 Å². The summed E-state index contributed by atoms with van der Waals surface area (Å²) in [5.74, 6) is -0.0380. The van der Waals surface area contributed by atoms with Gasteiger partial charge in [0.2, 0.25) is 0 Å². The summed E-state index contributed by atoms with van der Waals surface area (Å²) < 4.78 is 6.44. The molecule has 0 N–H and O–H groups in total. The Bertz CT molecular complexity index is 878. The molecule has 0 aliphatic carbocycles. The van der Waals surface area contributed by atoms with Gasteiger partial charge in [-0.05, 0) is 35.7 Å². The molecule has 22 heavy (non-hydrogen) atoms. The Morgan fingerprint density at radius 3 is 2.41 bits per heavy atom. The maximum Gasteiger partial charge on any atom is 0.345 e. The van der Waals surface area contributed by atoms with Gasteiger partial charge in [-0.3, -0.25) is 0 Å². The van der Waals surface area contributed by atoms with E-state index >= 15 is 0 Å². The summed E-state index contributed by atoms with van der Waals surface area (Å²) >= 11 is 15.4. The van der Waals surface area contributed by atoms with Gasteiger partial charge in [-0.15, -0.1) is 0 Å². The second-order valence-electron chi connectivity index (χ2n) is 4.60. The molecular weight excluding hydrogens is 387 g/mol. The van der Waals surface area contributed by atoms with Gasteiger partial charge in [-0.25, -0.2) is 4.79 Å². The van der Waals surface area contributed by atoms with Crippen LogP contribution in [0.2, 0.25) is 10.0 Å². The molecule has 0 spiro atoms. The van der Waals surface area contributed by atoms with E-state index in [1.165, 1.54) is 6.07 Å². The van der Waals surface area contributed by atoms with Crippen LogP contribution in [0, 0.1) is 0 Å². The second-order valence-corrected chi connectivity index (χ2v) is 6.30. The van der Waals surface area contributed by atoms with Gasteiger partial charge in [0.05, 0.1) is 10.6 Å². The minimum atomic E-state index is -0.519. The SMILES string of the molecule is O=C(Oc1ccc(Br)c2ccccc12)c1ccc(Cl)cc1Cl. The normalized spacial score (nSPS) is 10.7. The largest absolute Gasteiger partial charge is 0.422 e. The zero-order valence-corrected chi connectivity index (χ0v) is 14.2. The van der Waals surface area contributed by atoms with E-state index < -0.39 is 5.97 Å². The number of carbonyl (C=O) groups excluding carboxylic acids is 1. The molecule has 2 nitrogen and oxygen atoms in total. The predicted octanol–water partition coefficient (Wildman–Crippen LogP) is 6.13. The van der Waals surface area contributed by atoms with Crippen LogP contribution < -0.4 is 4.74 Å². The molecule has 0 aromatic heterocycles. The monoisotopic (exact) mass is 394 g/mol. The van der Waals surface area contributed by atoms with E-state index in [1.54, 1.807) is 18.2 Å².